The van der Waals surface area contributed by atoms with Gasteiger partial charge in [0.15, 0.2) is 0 Å². The Kier molecular flexibility index (Phi) is 8.63. The van der Waals surface area contributed by atoms with Gasteiger partial charge < -0.3 is 10.6 Å². The van der Waals surface area contributed by atoms with Crippen LogP contribution in [0.1, 0.15) is 26.7 Å². The number of hydrogen-bond acceptors (Lipinski definition) is 3. The number of nitrogens with one attached hydrogen (secondary N) is 2. The van der Waals surface area contributed by atoms with E-state index in [4.69, 9.17) is 0 Å². The summed E-state index contributed by atoms with van der Waals surface area (Å²) >= 11 is 1.79. The van der Waals surface area contributed by atoms with Crippen LogP contribution in [0.25, 0.3) is 0 Å². The summed E-state index contributed by atoms with van der Waals surface area (Å²) in [6, 6.07) is 0. The summed E-state index contributed by atoms with van der Waals surface area (Å²) in [5.74, 6) is 1.93. The van der Waals surface area contributed by atoms with E-state index in [2.05, 4.69) is 37.6 Å². The van der Waals surface area contributed by atoms with Gasteiger partial charge in [-0.15, -0.1) is 6.58 Å². The molecule has 0 radical (unpaired) electrons. The highest BCUT2D eigenvalue weighted by Crippen LogP contribution is 2.27. The van der Waals surface area contributed by atoms with Crippen molar-refractivity contribution in [1.29, 1.82) is 0 Å². The van der Waals surface area contributed by atoms with E-state index >= 15 is 0 Å². The smallest absolute Gasteiger partial charge is 0.220 e. The third-order valence-electron chi connectivity index (χ3n) is 2.73. The summed E-state index contributed by atoms with van der Waals surface area (Å²) in [7, 11) is 1.89. The van der Waals surface area contributed by atoms with E-state index in [1.807, 2.05) is 7.05 Å². The molecular weight excluding hydrogens is 244 g/mol. The molecule has 0 fully saturated rings. The molecule has 0 unspecified atom stereocenters. The first kappa shape index (κ1) is 17.1. The van der Waals surface area contributed by atoms with Crippen LogP contribution >= 0.6 is 11.8 Å². The van der Waals surface area contributed by atoms with Crippen molar-refractivity contribution in [2.24, 2.45) is 5.41 Å². The molecule has 0 aliphatic rings. The highest BCUT2D eigenvalue weighted by molar-refractivity contribution is 7.99. The number of amides is 1. The van der Waals surface area contributed by atoms with Crippen molar-refractivity contribution in [2.75, 3.05) is 25.1 Å². The molecule has 1 amide bonds. The lowest BCUT2D eigenvalue weighted by molar-refractivity contribution is -0.120. The van der Waals surface area contributed by atoms with Gasteiger partial charge in [0.2, 0.25) is 5.91 Å². The van der Waals surface area contributed by atoms with Crippen LogP contribution in [0.2, 0.25) is 0 Å². The van der Waals surface area contributed by atoms with Crippen molar-refractivity contribution in [3.63, 3.8) is 0 Å². The fourth-order valence-corrected chi connectivity index (χ4v) is 2.48. The van der Waals surface area contributed by atoms with Crippen LogP contribution in [0.3, 0.4) is 0 Å². The molecule has 0 aromatic carbocycles. The molecule has 0 rings (SSSR count). The maximum atomic E-state index is 11.4. The molecule has 104 valence electrons. The first-order valence-electron chi connectivity index (χ1n) is 6.26. The van der Waals surface area contributed by atoms with Gasteiger partial charge in [-0.25, -0.2) is 0 Å². The van der Waals surface area contributed by atoms with Crippen molar-refractivity contribution in [3.8, 4) is 0 Å². The minimum Gasteiger partial charge on any atom is -0.391 e. The molecule has 0 atom stereocenters. The Labute approximate surface area is 115 Å². The molecule has 0 saturated carbocycles. The Bertz CT molecular complexity index is 288. The quantitative estimate of drug-likeness (QED) is 0.473. The summed E-state index contributed by atoms with van der Waals surface area (Å²) in [6.07, 6.45) is 3.21. The molecule has 3 nitrogen and oxygen atoms in total. The van der Waals surface area contributed by atoms with Gasteiger partial charge in [-0.05, 0) is 6.42 Å². The predicted molar refractivity (Wildman–Crippen MR) is 81.7 cm³/mol. The fraction of sp³-hybridized carbons (Fsp3) is 0.643. The van der Waals surface area contributed by atoms with Crippen LogP contribution in [0, 0.1) is 5.41 Å². The zero-order valence-electron chi connectivity index (χ0n) is 11.8. The van der Waals surface area contributed by atoms with Crippen LogP contribution in [-0.4, -0.2) is 31.0 Å². The Morgan fingerprint density at radius 2 is 2.11 bits per heavy atom. The number of hydrogen-bond donors (Lipinski definition) is 2. The molecule has 18 heavy (non-hydrogen) atoms. The molecular formula is C14H26N2OS. The normalized spacial score (nSPS) is 10.8. The standard InChI is InChI=1S/C14H26N2OS/c1-6-7-9-16-13(17)8-10-18-11-14(3,4)12(2)15-5/h6,15H,1-2,7-11H2,3-5H3,(H,16,17). The average Bonchev–Trinajstić information content (AvgIpc) is 2.34. The van der Waals surface area contributed by atoms with Gasteiger partial charge in [-0.3, -0.25) is 4.79 Å². The van der Waals surface area contributed by atoms with Gasteiger partial charge in [0, 0.05) is 42.6 Å². The van der Waals surface area contributed by atoms with E-state index in [0.29, 0.717) is 13.0 Å². The maximum absolute atomic E-state index is 11.4. The van der Waals surface area contributed by atoms with Crippen molar-refractivity contribution in [2.45, 2.75) is 26.7 Å². The highest BCUT2D eigenvalue weighted by Gasteiger charge is 2.20. The first-order valence-corrected chi connectivity index (χ1v) is 7.42. The van der Waals surface area contributed by atoms with E-state index in [1.54, 1.807) is 17.8 Å². The summed E-state index contributed by atoms with van der Waals surface area (Å²) in [5.41, 5.74) is 1.09. The second kappa shape index (κ2) is 9.09. The van der Waals surface area contributed by atoms with Gasteiger partial charge in [0.1, 0.15) is 0 Å². The molecule has 0 heterocycles. The van der Waals surface area contributed by atoms with Crippen LogP contribution < -0.4 is 10.6 Å². The predicted octanol–water partition coefficient (Wildman–Crippen LogP) is 2.56. The summed E-state index contributed by atoms with van der Waals surface area (Å²) in [5, 5.41) is 5.95. The second-order valence-corrected chi connectivity index (χ2v) is 5.95. The van der Waals surface area contributed by atoms with E-state index in [0.717, 1.165) is 23.6 Å². The molecule has 4 heteroatoms. The van der Waals surface area contributed by atoms with Crippen LogP contribution in [0.15, 0.2) is 24.9 Å². The third kappa shape index (κ3) is 7.43. The number of thioether (sulfide) groups is 1. The number of allylic oxidation sites excluding steroid dienone is 1. The fourth-order valence-electron chi connectivity index (χ4n) is 1.32. The highest BCUT2D eigenvalue weighted by atomic mass is 32.2. The number of carbonyl (C=O) groups is 1. The van der Waals surface area contributed by atoms with Gasteiger partial charge in [0.05, 0.1) is 0 Å². The Hall–Kier alpha value is -0.900. The molecule has 0 bridgehead atoms. The molecule has 0 spiro atoms. The number of rotatable bonds is 10. The SMILES string of the molecule is C=CCCNC(=O)CCSCC(C)(C)C(=C)NC. The zero-order chi connectivity index (χ0) is 14.0. The van der Waals surface area contributed by atoms with Gasteiger partial charge in [0.25, 0.3) is 0 Å². The van der Waals surface area contributed by atoms with Crippen LogP contribution in [0.4, 0.5) is 0 Å². The maximum Gasteiger partial charge on any atom is 0.220 e. The molecule has 2 N–H and O–H groups in total. The van der Waals surface area contributed by atoms with Crippen molar-refractivity contribution >= 4 is 17.7 Å². The molecule has 0 aliphatic carbocycles. The van der Waals surface area contributed by atoms with Crippen LogP contribution in [0.5, 0.6) is 0 Å². The molecule has 0 saturated heterocycles. The van der Waals surface area contributed by atoms with E-state index < -0.39 is 0 Å². The Morgan fingerprint density at radius 1 is 1.44 bits per heavy atom. The zero-order valence-corrected chi connectivity index (χ0v) is 12.7. The summed E-state index contributed by atoms with van der Waals surface area (Å²) in [4.78, 5) is 11.4. The third-order valence-corrected chi connectivity index (χ3v) is 4.14. The lowest BCUT2D eigenvalue weighted by Crippen LogP contribution is -2.27. The van der Waals surface area contributed by atoms with E-state index in [-0.39, 0.29) is 11.3 Å². The van der Waals surface area contributed by atoms with E-state index in [9.17, 15) is 4.79 Å². The lowest BCUT2D eigenvalue weighted by atomic mass is 9.93. The monoisotopic (exact) mass is 270 g/mol. The van der Waals surface area contributed by atoms with Crippen molar-refractivity contribution < 1.29 is 4.79 Å². The second-order valence-electron chi connectivity index (χ2n) is 4.84. The lowest BCUT2D eigenvalue weighted by Gasteiger charge is -2.26. The number of carbonyl (C=O) groups excluding carboxylic acids is 1. The van der Waals surface area contributed by atoms with Crippen molar-refractivity contribution in [1.82, 2.24) is 10.6 Å². The van der Waals surface area contributed by atoms with Gasteiger partial charge >= 0.3 is 0 Å². The molecule has 0 aromatic rings. The molecule has 0 aliphatic heterocycles. The topological polar surface area (TPSA) is 41.1 Å². The Morgan fingerprint density at radius 3 is 2.67 bits per heavy atom. The van der Waals surface area contributed by atoms with Gasteiger partial charge in [-0.2, -0.15) is 11.8 Å². The Balaban J connectivity index is 3.69. The van der Waals surface area contributed by atoms with E-state index in [1.165, 1.54) is 0 Å². The van der Waals surface area contributed by atoms with Crippen molar-refractivity contribution in [3.05, 3.63) is 24.9 Å². The van der Waals surface area contributed by atoms with Gasteiger partial charge in [-0.1, -0.05) is 26.5 Å². The molecule has 0 aromatic heterocycles. The summed E-state index contributed by atoms with van der Waals surface area (Å²) in [6.45, 7) is 12.6. The van der Waals surface area contributed by atoms with Crippen LogP contribution in [-0.2, 0) is 4.79 Å². The minimum absolute atomic E-state index is 0.0543. The minimum atomic E-state index is 0.0543. The average molecular weight is 270 g/mol. The largest absolute Gasteiger partial charge is 0.391 e. The first-order chi connectivity index (χ1) is 8.44. The summed E-state index contributed by atoms with van der Waals surface area (Å²) < 4.78 is 0.